The van der Waals surface area contributed by atoms with Gasteiger partial charge in [0.2, 0.25) is 0 Å². The number of carbonyl (C=O) groups is 3. The van der Waals surface area contributed by atoms with Crippen LogP contribution in [0.15, 0.2) is 48.5 Å². The van der Waals surface area contributed by atoms with Gasteiger partial charge < -0.3 is 48.9 Å². The van der Waals surface area contributed by atoms with Crippen molar-refractivity contribution in [2.45, 2.75) is 62.7 Å². The second-order valence-corrected chi connectivity index (χ2v) is 11.4. The van der Waals surface area contributed by atoms with Gasteiger partial charge in [0, 0.05) is 26.7 Å². The van der Waals surface area contributed by atoms with Crippen LogP contribution < -0.4 is 10.6 Å². The van der Waals surface area contributed by atoms with Gasteiger partial charge in [-0.2, -0.15) is 0 Å². The monoisotopic (exact) mass is 616 g/mol. The van der Waals surface area contributed by atoms with E-state index in [2.05, 4.69) is 10.6 Å². The molecule has 44 heavy (non-hydrogen) atoms. The molecule has 5 atom stereocenters. The summed E-state index contributed by atoms with van der Waals surface area (Å²) in [7, 11) is 2.81. The molecule has 2 aliphatic rings. The number of benzene rings is 2. The van der Waals surface area contributed by atoms with Crippen LogP contribution in [0.2, 0.25) is 0 Å². The highest BCUT2D eigenvalue weighted by Gasteiger charge is 2.51. The Bertz CT molecular complexity index is 1250. The lowest BCUT2D eigenvalue weighted by atomic mass is 9.92. The molecule has 240 valence electrons. The molecule has 13 nitrogen and oxygen atoms in total. The molecular formula is C31H40N2O11. The number of aliphatic carboxylic acids is 1. The topological polar surface area (TPSA) is 160 Å². The Hall–Kier alpha value is -3.75. The third-order valence-corrected chi connectivity index (χ3v) is 7.17. The van der Waals surface area contributed by atoms with Gasteiger partial charge in [-0.05, 0) is 43.0 Å². The molecule has 0 radical (unpaired) electrons. The first-order valence-corrected chi connectivity index (χ1v) is 14.2. The van der Waals surface area contributed by atoms with Crippen molar-refractivity contribution < 1.29 is 52.6 Å². The molecule has 1 aliphatic carbocycles. The van der Waals surface area contributed by atoms with Gasteiger partial charge in [0.25, 0.3) is 0 Å². The number of ether oxygens (including phenoxy) is 7. The summed E-state index contributed by atoms with van der Waals surface area (Å²) < 4.78 is 38.6. The van der Waals surface area contributed by atoms with Crippen LogP contribution in [0.1, 0.15) is 37.8 Å². The third-order valence-electron chi connectivity index (χ3n) is 7.17. The summed E-state index contributed by atoms with van der Waals surface area (Å²) in [5.74, 6) is -1.51. The van der Waals surface area contributed by atoms with E-state index in [4.69, 9.17) is 33.2 Å². The van der Waals surface area contributed by atoms with Gasteiger partial charge >= 0.3 is 18.2 Å². The molecule has 0 aromatic heterocycles. The van der Waals surface area contributed by atoms with E-state index >= 15 is 0 Å². The normalized spacial score (nSPS) is 22.9. The number of hydrogen-bond acceptors (Lipinski definition) is 10. The van der Waals surface area contributed by atoms with Gasteiger partial charge in [-0.25, -0.2) is 14.4 Å². The Morgan fingerprint density at radius 3 is 1.98 bits per heavy atom. The van der Waals surface area contributed by atoms with Crippen LogP contribution in [0.5, 0.6) is 0 Å². The molecular weight excluding hydrogens is 576 g/mol. The molecule has 13 heteroatoms. The first-order valence-electron chi connectivity index (χ1n) is 14.2. The molecule has 1 aliphatic heterocycles. The Kier molecular flexibility index (Phi) is 11.2. The van der Waals surface area contributed by atoms with E-state index in [0.29, 0.717) is 0 Å². The van der Waals surface area contributed by atoms with Gasteiger partial charge in [0.1, 0.15) is 44.1 Å². The highest BCUT2D eigenvalue weighted by molar-refractivity contribution is 5.79. The first-order chi connectivity index (χ1) is 21.0. The molecule has 1 heterocycles. The summed E-state index contributed by atoms with van der Waals surface area (Å²) in [5, 5.41) is 15.2. The fraction of sp³-hybridized carbons (Fsp3) is 0.516. The van der Waals surface area contributed by atoms with Crippen molar-refractivity contribution in [3.05, 3.63) is 59.7 Å². The number of nitrogens with one attached hydrogen (secondary N) is 2. The predicted octanol–water partition coefficient (Wildman–Crippen LogP) is 3.25. The molecule has 2 aromatic carbocycles. The Morgan fingerprint density at radius 2 is 1.43 bits per heavy atom. The van der Waals surface area contributed by atoms with Crippen LogP contribution in [-0.4, -0.2) is 100 Å². The minimum Gasteiger partial charge on any atom is -0.479 e. The van der Waals surface area contributed by atoms with Crippen LogP contribution in [0.3, 0.4) is 0 Å². The fourth-order valence-corrected chi connectivity index (χ4v) is 5.44. The van der Waals surface area contributed by atoms with Crippen LogP contribution >= 0.6 is 0 Å². The molecule has 2 amide bonds. The van der Waals surface area contributed by atoms with Crippen molar-refractivity contribution in [1.82, 2.24) is 10.6 Å². The van der Waals surface area contributed by atoms with Gasteiger partial charge in [0.15, 0.2) is 6.10 Å². The number of fused-ring (bicyclic) bond motifs is 3. The number of carbonyl (C=O) groups excluding carboxylic acids is 2. The number of hydrogen-bond donors (Lipinski definition) is 3. The second kappa shape index (κ2) is 14.8. The van der Waals surface area contributed by atoms with E-state index in [9.17, 15) is 19.5 Å². The molecule has 0 unspecified atom stereocenters. The van der Waals surface area contributed by atoms with Crippen LogP contribution in [-0.2, 0) is 38.0 Å². The molecule has 0 saturated carbocycles. The standard InChI is InChI=1S/C31H40N2O11/c1-31(2,3)44-30(37)33-24-26(42-17-39-5)25(41-16-38-4)23(43-27(24)28(34)35)14-32-29(36)40-15-22-20-12-8-6-10-18(20)19-11-7-9-13-21(19)22/h6-13,22-27H,14-17H2,1-5H3,(H,32,36)(H,33,37)(H,34,35)/t23-,24-,25-,26-,27-/m1/s1. The number of rotatable bonds is 12. The lowest BCUT2D eigenvalue weighted by molar-refractivity contribution is -0.246. The maximum atomic E-state index is 12.9. The van der Waals surface area contributed by atoms with Crippen molar-refractivity contribution in [3.63, 3.8) is 0 Å². The SMILES string of the molecule is COCO[C@@H]1[C@@H](NC(=O)OC(C)(C)C)[C@H](C(=O)O)O[C@H](CNC(=O)OCC2c3ccccc3-c3ccccc32)[C@H]1OCOC. The maximum absolute atomic E-state index is 12.9. The number of carboxylic acid groups (broad SMARTS) is 1. The number of amides is 2. The minimum atomic E-state index is -1.58. The van der Waals surface area contributed by atoms with Gasteiger partial charge in [-0.1, -0.05) is 48.5 Å². The highest BCUT2D eigenvalue weighted by atomic mass is 16.7. The van der Waals surface area contributed by atoms with Crippen molar-refractivity contribution >= 4 is 18.2 Å². The summed E-state index contributed by atoms with van der Waals surface area (Å²) in [4.78, 5) is 37.9. The second-order valence-electron chi connectivity index (χ2n) is 11.4. The number of alkyl carbamates (subject to hydrolysis) is 2. The van der Waals surface area contributed by atoms with Crippen molar-refractivity contribution in [2.24, 2.45) is 0 Å². The minimum absolute atomic E-state index is 0.0915. The highest BCUT2D eigenvalue weighted by Crippen LogP contribution is 2.44. The van der Waals surface area contributed by atoms with E-state index in [1.54, 1.807) is 20.8 Å². The zero-order valence-corrected chi connectivity index (χ0v) is 25.4. The zero-order valence-electron chi connectivity index (χ0n) is 25.4. The van der Waals surface area contributed by atoms with E-state index in [-0.39, 0.29) is 32.7 Å². The Labute approximate surface area is 256 Å². The Balaban J connectivity index is 1.47. The van der Waals surface area contributed by atoms with Gasteiger partial charge in [0.05, 0.1) is 6.04 Å². The molecule has 0 spiro atoms. The van der Waals surface area contributed by atoms with Gasteiger partial charge in [-0.3, -0.25) is 0 Å². The molecule has 1 saturated heterocycles. The molecule has 4 rings (SSSR count). The molecule has 0 bridgehead atoms. The van der Waals surface area contributed by atoms with Gasteiger partial charge in [-0.15, -0.1) is 0 Å². The molecule has 3 N–H and O–H groups in total. The quantitative estimate of drug-likeness (QED) is 0.300. The van der Waals surface area contributed by atoms with E-state index in [1.165, 1.54) is 14.2 Å². The smallest absolute Gasteiger partial charge is 0.408 e. The average Bonchev–Trinajstić information content (AvgIpc) is 3.30. The predicted molar refractivity (Wildman–Crippen MR) is 156 cm³/mol. The molecule has 2 aromatic rings. The summed E-state index contributed by atoms with van der Waals surface area (Å²) >= 11 is 0. The molecule has 1 fully saturated rings. The lowest BCUT2D eigenvalue weighted by Crippen LogP contribution is -2.68. The first kappa shape index (κ1) is 33.1. The van der Waals surface area contributed by atoms with E-state index < -0.39 is 54.2 Å². The number of methoxy groups -OCH3 is 2. The third kappa shape index (κ3) is 8.04. The fourth-order valence-electron chi connectivity index (χ4n) is 5.44. The summed E-state index contributed by atoms with van der Waals surface area (Å²) in [6.07, 6.45) is -6.32. The van der Waals surface area contributed by atoms with Crippen molar-refractivity contribution in [3.8, 4) is 11.1 Å². The maximum Gasteiger partial charge on any atom is 0.408 e. The summed E-state index contributed by atoms with van der Waals surface area (Å²) in [6, 6.07) is 14.7. The van der Waals surface area contributed by atoms with E-state index in [0.717, 1.165) is 22.3 Å². The van der Waals surface area contributed by atoms with Crippen molar-refractivity contribution in [2.75, 3.05) is 41.0 Å². The summed E-state index contributed by atoms with van der Waals surface area (Å²) in [6.45, 7) is 4.46. The van der Waals surface area contributed by atoms with Crippen molar-refractivity contribution in [1.29, 1.82) is 0 Å². The Morgan fingerprint density at radius 1 is 0.864 bits per heavy atom. The zero-order chi connectivity index (χ0) is 31.9. The van der Waals surface area contributed by atoms with E-state index in [1.807, 2.05) is 48.5 Å². The average molecular weight is 617 g/mol. The van der Waals surface area contributed by atoms with Crippen LogP contribution in [0.25, 0.3) is 11.1 Å². The summed E-state index contributed by atoms with van der Waals surface area (Å²) in [5.41, 5.74) is 3.49. The largest absolute Gasteiger partial charge is 0.479 e. The van der Waals surface area contributed by atoms with Crippen LogP contribution in [0, 0.1) is 0 Å². The number of carboxylic acids is 1. The van der Waals surface area contributed by atoms with Crippen LogP contribution in [0.4, 0.5) is 9.59 Å². The lowest BCUT2D eigenvalue weighted by Gasteiger charge is -2.45.